The number of hydrogen-bond acceptors (Lipinski definition) is 4. The van der Waals surface area contributed by atoms with Gasteiger partial charge in [-0.05, 0) is 37.1 Å². The summed E-state index contributed by atoms with van der Waals surface area (Å²) in [6.07, 6.45) is 7.32. The molecule has 0 N–H and O–H groups in total. The van der Waals surface area contributed by atoms with E-state index in [-0.39, 0.29) is 11.9 Å². The van der Waals surface area contributed by atoms with Gasteiger partial charge in [-0.2, -0.15) is 0 Å². The smallest absolute Gasteiger partial charge is 0.247 e. The number of fused-ring (bicyclic) bond motifs is 2. The summed E-state index contributed by atoms with van der Waals surface area (Å²) in [5, 5.41) is 2.11. The Morgan fingerprint density at radius 3 is 2.93 bits per heavy atom. The maximum absolute atomic E-state index is 12.9. The molecule has 0 spiro atoms. The fraction of sp³-hybridized carbons (Fsp3) is 0.174. The molecule has 4 nitrogen and oxygen atoms in total. The van der Waals surface area contributed by atoms with Gasteiger partial charge in [-0.3, -0.25) is 9.78 Å². The first-order chi connectivity index (χ1) is 13.8. The lowest BCUT2D eigenvalue weighted by Crippen LogP contribution is -2.28. The van der Waals surface area contributed by atoms with Crippen molar-refractivity contribution in [2.75, 3.05) is 6.54 Å². The number of rotatable bonds is 3. The first kappa shape index (κ1) is 17.1. The molecule has 2 aromatic carbocycles. The van der Waals surface area contributed by atoms with E-state index in [0.717, 1.165) is 46.4 Å². The molecule has 1 atom stereocenters. The van der Waals surface area contributed by atoms with Crippen molar-refractivity contribution < 1.29 is 4.79 Å². The molecule has 28 heavy (non-hydrogen) atoms. The van der Waals surface area contributed by atoms with Gasteiger partial charge < -0.3 is 4.90 Å². The number of likely N-dealkylation sites (tertiary alicyclic amines) is 1. The summed E-state index contributed by atoms with van der Waals surface area (Å²) in [5.41, 5.74) is 2.89. The van der Waals surface area contributed by atoms with Gasteiger partial charge in [0.15, 0.2) is 0 Å². The number of carbonyl (C=O) groups is 1. The molecule has 0 saturated carbocycles. The van der Waals surface area contributed by atoms with E-state index in [4.69, 9.17) is 4.98 Å². The first-order valence-corrected chi connectivity index (χ1v) is 10.3. The molecule has 3 heterocycles. The topological polar surface area (TPSA) is 46.1 Å². The second-order valence-electron chi connectivity index (χ2n) is 6.97. The normalized spacial score (nSPS) is 17.1. The first-order valence-electron chi connectivity index (χ1n) is 9.47. The van der Waals surface area contributed by atoms with Crippen LogP contribution in [0.1, 0.15) is 29.5 Å². The number of benzene rings is 2. The molecule has 1 aliphatic heterocycles. The molecule has 0 bridgehead atoms. The average Bonchev–Trinajstić information content (AvgIpc) is 3.38. The highest BCUT2D eigenvalue weighted by Crippen LogP contribution is 2.36. The van der Waals surface area contributed by atoms with E-state index >= 15 is 0 Å². The second-order valence-corrected chi connectivity index (χ2v) is 8.03. The molecular weight excluding hydrogens is 366 g/mol. The minimum absolute atomic E-state index is 0.0368. The van der Waals surface area contributed by atoms with Crippen LogP contribution in [0.4, 0.5) is 0 Å². The molecule has 1 amide bonds. The van der Waals surface area contributed by atoms with E-state index in [2.05, 4.69) is 11.1 Å². The monoisotopic (exact) mass is 385 g/mol. The summed E-state index contributed by atoms with van der Waals surface area (Å²) in [7, 11) is 0. The summed E-state index contributed by atoms with van der Waals surface area (Å²) < 4.78 is 1.18. The third kappa shape index (κ3) is 3.08. The van der Waals surface area contributed by atoms with Crippen molar-refractivity contribution >= 4 is 44.4 Å². The van der Waals surface area contributed by atoms with Crippen LogP contribution in [-0.4, -0.2) is 27.3 Å². The Balaban J connectivity index is 1.41. The number of pyridine rings is 1. The molecule has 1 fully saturated rings. The van der Waals surface area contributed by atoms with Crippen LogP contribution >= 0.6 is 11.3 Å². The molecule has 2 aromatic heterocycles. The lowest BCUT2D eigenvalue weighted by Gasteiger charge is -2.21. The number of para-hydroxylation sites is 2. The summed E-state index contributed by atoms with van der Waals surface area (Å²) >= 11 is 1.69. The van der Waals surface area contributed by atoms with Crippen molar-refractivity contribution in [3.05, 3.63) is 77.4 Å². The van der Waals surface area contributed by atoms with Gasteiger partial charge in [-0.25, -0.2) is 4.98 Å². The highest BCUT2D eigenvalue weighted by molar-refractivity contribution is 7.18. The van der Waals surface area contributed by atoms with E-state index in [9.17, 15) is 4.79 Å². The highest BCUT2D eigenvalue weighted by atomic mass is 32.1. The minimum Gasteiger partial charge on any atom is -0.330 e. The van der Waals surface area contributed by atoms with Crippen molar-refractivity contribution in [3.8, 4) is 0 Å². The second kappa shape index (κ2) is 7.17. The Morgan fingerprint density at radius 1 is 1.11 bits per heavy atom. The van der Waals surface area contributed by atoms with E-state index in [1.54, 1.807) is 23.6 Å². The molecule has 138 valence electrons. The van der Waals surface area contributed by atoms with Crippen LogP contribution in [0.15, 0.2) is 66.9 Å². The number of nitrogens with zero attached hydrogens (tertiary/aromatic N) is 3. The summed E-state index contributed by atoms with van der Waals surface area (Å²) in [5.74, 6) is 0.0368. The zero-order chi connectivity index (χ0) is 18.9. The van der Waals surface area contributed by atoms with E-state index in [1.165, 1.54) is 4.70 Å². The summed E-state index contributed by atoms with van der Waals surface area (Å²) in [6.45, 7) is 0.775. The van der Waals surface area contributed by atoms with Crippen LogP contribution in [-0.2, 0) is 4.79 Å². The molecule has 5 heteroatoms. The van der Waals surface area contributed by atoms with Crippen LogP contribution in [0.25, 0.3) is 27.2 Å². The lowest BCUT2D eigenvalue weighted by molar-refractivity contribution is -0.126. The van der Waals surface area contributed by atoms with E-state index in [0.29, 0.717) is 0 Å². The van der Waals surface area contributed by atoms with Crippen LogP contribution in [0.2, 0.25) is 0 Å². The molecule has 1 saturated heterocycles. The standard InChI is InChI=1S/C23H19N3OS/c27-21(13-12-17-7-3-6-16-8-4-14-24-22(16)17)26-15-5-10-19(26)23-25-18-9-1-2-11-20(18)28-23/h1-4,6-9,11-14,19H,5,10,15H2/b13-12+. The molecule has 4 aromatic rings. The quantitative estimate of drug-likeness (QED) is 0.454. The third-order valence-corrected chi connectivity index (χ3v) is 6.34. The Hall–Kier alpha value is -3.05. The zero-order valence-corrected chi connectivity index (χ0v) is 16.1. The number of amides is 1. The predicted octanol–water partition coefficient (Wildman–Crippen LogP) is 5.22. The molecule has 0 radical (unpaired) electrons. The molecule has 5 rings (SSSR count). The molecular formula is C23H19N3OS. The van der Waals surface area contributed by atoms with Crippen LogP contribution in [0, 0.1) is 0 Å². The van der Waals surface area contributed by atoms with Gasteiger partial charge in [-0.1, -0.05) is 36.4 Å². The molecule has 1 aliphatic rings. The van der Waals surface area contributed by atoms with Crippen molar-refractivity contribution in [3.63, 3.8) is 0 Å². The van der Waals surface area contributed by atoms with Gasteiger partial charge in [0.1, 0.15) is 5.01 Å². The van der Waals surface area contributed by atoms with Crippen LogP contribution in [0.3, 0.4) is 0 Å². The lowest BCUT2D eigenvalue weighted by atomic mass is 10.1. The van der Waals surface area contributed by atoms with E-state index < -0.39 is 0 Å². The average molecular weight is 385 g/mol. The van der Waals surface area contributed by atoms with Gasteiger partial charge in [0.25, 0.3) is 0 Å². The van der Waals surface area contributed by atoms with Crippen LogP contribution < -0.4 is 0 Å². The zero-order valence-electron chi connectivity index (χ0n) is 15.3. The Labute approximate surface area is 167 Å². The third-order valence-electron chi connectivity index (χ3n) is 5.20. The van der Waals surface area contributed by atoms with Gasteiger partial charge in [0.2, 0.25) is 5.91 Å². The Morgan fingerprint density at radius 2 is 2.00 bits per heavy atom. The van der Waals surface area contributed by atoms with Crippen molar-refractivity contribution in [1.29, 1.82) is 0 Å². The molecule has 1 unspecified atom stereocenters. The molecule has 0 aliphatic carbocycles. The van der Waals surface area contributed by atoms with Gasteiger partial charge in [0, 0.05) is 29.8 Å². The number of hydrogen-bond donors (Lipinski definition) is 0. The summed E-state index contributed by atoms with van der Waals surface area (Å²) in [4.78, 5) is 24.1. The highest BCUT2D eigenvalue weighted by Gasteiger charge is 2.31. The minimum atomic E-state index is 0.0368. The maximum atomic E-state index is 12.9. The van der Waals surface area contributed by atoms with Crippen molar-refractivity contribution in [2.24, 2.45) is 0 Å². The number of carbonyl (C=O) groups excluding carboxylic acids is 1. The van der Waals surface area contributed by atoms with Gasteiger partial charge in [0.05, 0.1) is 21.8 Å². The largest absolute Gasteiger partial charge is 0.330 e. The van der Waals surface area contributed by atoms with E-state index in [1.807, 2.05) is 59.5 Å². The van der Waals surface area contributed by atoms with Crippen LogP contribution in [0.5, 0.6) is 0 Å². The number of thiazole rings is 1. The Kier molecular flexibility index (Phi) is 4.37. The van der Waals surface area contributed by atoms with Crippen molar-refractivity contribution in [1.82, 2.24) is 14.9 Å². The fourth-order valence-electron chi connectivity index (χ4n) is 3.84. The summed E-state index contributed by atoms with van der Waals surface area (Å²) in [6, 6.07) is 18.2. The SMILES string of the molecule is O=C(/C=C/c1cccc2cccnc12)N1CCCC1c1nc2ccccc2s1. The fourth-order valence-corrected chi connectivity index (χ4v) is 4.95. The number of aromatic nitrogens is 2. The van der Waals surface area contributed by atoms with Gasteiger partial charge >= 0.3 is 0 Å². The van der Waals surface area contributed by atoms with Crippen molar-refractivity contribution in [2.45, 2.75) is 18.9 Å². The predicted molar refractivity (Wildman–Crippen MR) is 114 cm³/mol. The Bertz CT molecular complexity index is 1160. The maximum Gasteiger partial charge on any atom is 0.247 e. The van der Waals surface area contributed by atoms with Gasteiger partial charge in [-0.15, -0.1) is 11.3 Å².